The number of rotatable bonds is 1. The van der Waals surface area contributed by atoms with Gasteiger partial charge in [0.15, 0.2) is 0 Å². The summed E-state index contributed by atoms with van der Waals surface area (Å²) in [7, 11) is 0. The third-order valence-electron chi connectivity index (χ3n) is 2.11. The fourth-order valence-electron chi connectivity index (χ4n) is 1.33. The fourth-order valence-corrected chi connectivity index (χ4v) is 1.33. The van der Waals surface area contributed by atoms with Crippen molar-refractivity contribution in [2.75, 3.05) is 12.3 Å². The molecule has 0 aliphatic carbocycles. The first-order valence-corrected chi connectivity index (χ1v) is 3.90. The van der Waals surface area contributed by atoms with Crippen molar-refractivity contribution in [3.05, 3.63) is 29.8 Å². The quantitative estimate of drug-likeness (QED) is 0.466. The first-order chi connectivity index (χ1) is 5.77. The molecule has 0 aromatic heterocycles. The Morgan fingerprint density at radius 2 is 2.33 bits per heavy atom. The highest BCUT2D eigenvalue weighted by molar-refractivity contribution is 5.89. The molecule has 0 saturated carbocycles. The SMILES string of the molecule is Nc1cccc(C2CNC2=O)c1. The van der Waals surface area contributed by atoms with E-state index < -0.39 is 0 Å². The lowest BCUT2D eigenvalue weighted by molar-refractivity contribution is -0.127. The third-order valence-corrected chi connectivity index (χ3v) is 2.11. The lowest BCUT2D eigenvalue weighted by atomic mass is 9.92. The van der Waals surface area contributed by atoms with E-state index >= 15 is 0 Å². The highest BCUT2D eigenvalue weighted by atomic mass is 16.2. The van der Waals surface area contributed by atoms with Crippen LogP contribution in [0, 0.1) is 0 Å². The van der Waals surface area contributed by atoms with Gasteiger partial charge in [-0.2, -0.15) is 0 Å². The van der Waals surface area contributed by atoms with Crippen LogP contribution in [0.5, 0.6) is 0 Å². The van der Waals surface area contributed by atoms with Crippen LogP contribution in [0.2, 0.25) is 0 Å². The highest BCUT2D eigenvalue weighted by Gasteiger charge is 2.28. The van der Waals surface area contributed by atoms with Crippen molar-refractivity contribution in [1.82, 2.24) is 5.32 Å². The molecule has 2 rings (SSSR count). The lowest BCUT2D eigenvalue weighted by Gasteiger charge is -2.26. The Hall–Kier alpha value is -1.51. The molecule has 3 heteroatoms. The molecular formula is C9H10N2O. The minimum Gasteiger partial charge on any atom is -0.399 e. The Kier molecular flexibility index (Phi) is 1.50. The Balaban J connectivity index is 2.28. The van der Waals surface area contributed by atoms with Crippen LogP contribution >= 0.6 is 0 Å². The first kappa shape index (κ1) is 7.16. The molecule has 1 fully saturated rings. The molecule has 1 amide bonds. The summed E-state index contributed by atoms with van der Waals surface area (Å²) >= 11 is 0. The van der Waals surface area contributed by atoms with Crippen molar-refractivity contribution >= 4 is 11.6 Å². The summed E-state index contributed by atoms with van der Waals surface area (Å²) in [6, 6.07) is 7.47. The normalized spacial score (nSPS) is 21.3. The van der Waals surface area contributed by atoms with Crippen LogP contribution in [0.1, 0.15) is 11.5 Å². The van der Waals surface area contributed by atoms with E-state index in [1.807, 2.05) is 24.3 Å². The van der Waals surface area contributed by atoms with Crippen LogP contribution in [-0.4, -0.2) is 12.5 Å². The lowest BCUT2D eigenvalue weighted by Crippen LogP contribution is -2.46. The molecule has 62 valence electrons. The van der Waals surface area contributed by atoms with E-state index in [2.05, 4.69) is 5.32 Å². The van der Waals surface area contributed by atoms with Crippen molar-refractivity contribution < 1.29 is 4.79 Å². The summed E-state index contributed by atoms with van der Waals surface area (Å²) in [6.07, 6.45) is 0. The number of hydrogen-bond acceptors (Lipinski definition) is 2. The number of nitrogen functional groups attached to an aromatic ring is 1. The Morgan fingerprint density at radius 1 is 1.50 bits per heavy atom. The van der Waals surface area contributed by atoms with Crippen molar-refractivity contribution in [2.45, 2.75) is 5.92 Å². The van der Waals surface area contributed by atoms with Crippen molar-refractivity contribution in [2.24, 2.45) is 0 Å². The molecule has 0 radical (unpaired) electrons. The van der Waals surface area contributed by atoms with Gasteiger partial charge in [-0.15, -0.1) is 0 Å². The molecule has 1 aliphatic rings. The zero-order valence-corrected chi connectivity index (χ0v) is 6.58. The van der Waals surface area contributed by atoms with Crippen LogP contribution in [0.3, 0.4) is 0 Å². The van der Waals surface area contributed by atoms with Gasteiger partial charge in [0, 0.05) is 12.2 Å². The minimum atomic E-state index is 0.0218. The molecule has 1 aromatic carbocycles. The Morgan fingerprint density at radius 3 is 2.83 bits per heavy atom. The van der Waals surface area contributed by atoms with E-state index in [1.165, 1.54) is 0 Å². The van der Waals surface area contributed by atoms with E-state index in [0.717, 1.165) is 12.1 Å². The number of carbonyl (C=O) groups excluding carboxylic acids is 1. The van der Waals surface area contributed by atoms with Gasteiger partial charge in [-0.3, -0.25) is 4.79 Å². The zero-order valence-electron chi connectivity index (χ0n) is 6.58. The number of carbonyl (C=O) groups is 1. The van der Waals surface area contributed by atoms with Gasteiger partial charge in [-0.05, 0) is 17.7 Å². The molecule has 1 aliphatic heterocycles. The van der Waals surface area contributed by atoms with E-state index in [-0.39, 0.29) is 11.8 Å². The van der Waals surface area contributed by atoms with E-state index in [0.29, 0.717) is 5.69 Å². The predicted molar refractivity (Wildman–Crippen MR) is 46.6 cm³/mol. The van der Waals surface area contributed by atoms with Gasteiger partial charge in [-0.1, -0.05) is 12.1 Å². The molecule has 1 saturated heterocycles. The van der Waals surface area contributed by atoms with E-state index in [1.54, 1.807) is 0 Å². The fraction of sp³-hybridized carbons (Fsp3) is 0.222. The molecule has 0 bridgehead atoms. The number of hydrogen-bond donors (Lipinski definition) is 2. The zero-order chi connectivity index (χ0) is 8.55. The molecule has 1 heterocycles. The van der Waals surface area contributed by atoms with Gasteiger partial charge in [0.1, 0.15) is 0 Å². The number of nitrogens with one attached hydrogen (secondary N) is 1. The van der Waals surface area contributed by atoms with Crippen LogP contribution in [0.15, 0.2) is 24.3 Å². The molecule has 1 unspecified atom stereocenters. The summed E-state index contributed by atoms with van der Waals surface area (Å²) < 4.78 is 0. The molecule has 3 nitrogen and oxygen atoms in total. The number of β-lactam (4-membered cyclic amide) rings is 1. The van der Waals surface area contributed by atoms with Crippen LogP contribution in [0.25, 0.3) is 0 Å². The average molecular weight is 162 g/mol. The van der Waals surface area contributed by atoms with Crippen LogP contribution in [0.4, 0.5) is 5.69 Å². The molecule has 1 atom stereocenters. The number of benzene rings is 1. The van der Waals surface area contributed by atoms with Gasteiger partial charge in [0.2, 0.25) is 5.91 Å². The summed E-state index contributed by atoms with van der Waals surface area (Å²) in [5.74, 6) is 0.120. The van der Waals surface area contributed by atoms with Gasteiger partial charge >= 0.3 is 0 Å². The first-order valence-electron chi connectivity index (χ1n) is 3.90. The second kappa shape index (κ2) is 2.52. The third kappa shape index (κ3) is 1.03. The second-order valence-corrected chi connectivity index (χ2v) is 2.97. The Bertz CT molecular complexity index is 322. The highest BCUT2D eigenvalue weighted by Crippen LogP contribution is 2.22. The van der Waals surface area contributed by atoms with Crippen molar-refractivity contribution in [3.63, 3.8) is 0 Å². The number of anilines is 1. The number of amides is 1. The van der Waals surface area contributed by atoms with Crippen molar-refractivity contribution in [1.29, 1.82) is 0 Å². The van der Waals surface area contributed by atoms with Gasteiger partial charge in [0.25, 0.3) is 0 Å². The summed E-state index contributed by atoms with van der Waals surface area (Å²) in [5, 5.41) is 2.70. The summed E-state index contributed by atoms with van der Waals surface area (Å²) in [5.41, 5.74) is 7.32. The van der Waals surface area contributed by atoms with E-state index in [9.17, 15) is 4.79 Å². The topological polar surface area (TPSA) is 55.1 Å². The number of nitrogens with two attached hydrogens (primary N) is 1. The van der Waals surface area contributed by atoms with Crippen LogP contribution in [-0.2, 0) is 4.79 Å². The predicted octanol–water partition coefficient (Wildman–Crippen LogP) is 0.482. The smallest absolute Gasteiger partial charge is 0.229 e. The molecule has 3 N–H and O–H groups in total. The summed E-state index contributed by atoms with van der Waals surface area (Å²) in [6.45, 7) is 0.738. The van der Waals surface area contributed by atoms with Gasteiger partial charge in [0.05, 0.1) is 5.92 Å². The second-order valence-electron chi connectivity index (χ2n) is 2.97. The standard InChI is InChI=1S/C9H10N2O/c10-7-3-1-2-6(4-7)8-5-11-9(8)12/h1-4,8H,5,10H2,(H,11,12). The maximum Gasteiger partial charge on any atom is 0.229 e. The molecular weight excluding hydrogens is 152 g/mol. The molecule has 12 heavy (non-hydrogen) atoms. The van der Waals surface area contributed by atoms with Crippen molar-refractivity contribution in [3.8, 4) is 0 Å². The monoisotopic (exact) mass is 162 g/mol. The van der Waals surface area contributed by atoms with Crippen LogP contribution < -0.4 is 11.1 Å². The average Bonchev–Trinajstić information content (AvgIpc) is 2.02. The maximum absolute atomic E-state index is 11.0. The largest absolute Gasteiger partial charge is 0.399 e. The maximum atomic E-state index is 11.0. The van der Waals surface area contributed by atoms with E-state index in [4.69, 9.17) is 5.73 Å². The summed E-state index contributed by atoms with van der Waals surface area (Å²) in [4.78, 5) is 11.0. The Labute approximate surface area is 70.6 Å². The molecule has 0 spiro atoms. The minimum absolute atomic E-state index is 0.0218. The van der Waals surface area contributed by atoms with Gasteiger partial charge in [-0.25, -0.2) is 0 Å². The van der Waals surface area contributed by atoms with Gasteiger partial charge < -0.3 is 11.1 Å². The molecule has 1 aromatic rings.